The molecule has 5 rings (SSSR count). The fraction of sp³-hybridized carbons (Fsp3) is 0.381. The average Bonchev–Trinajstić information content (AvgIpc) is 3.89. The predicted molar refractivity (Wildman–Crippen MR) is 215 cm³/mol. The van der Waals surface area contributed by atoms with E-state index >= 15 is 0 Å². The van der Waals surface area contributed by atoms with Gasteiger partial charge < -0.3 is 34.9 Å². The monoisotopic (exact) mass is 764 g/mol. The number of hydrogen-bond donors (Lipinski definition) is 4. The average molecular weight is 765 g/mol. The van der Waals surface area contributed by atoms with Crippen molar-refractivity contribution in [3.8, 4) is 33.6 Å². The lowest BCUT2D eigenvalue weighted by Gasteiger charge is -2.33. The summed E-state index contributed by atoms with van der Waals surface area (Å²) in [6.07, 6.45) is 1.70. The highest BCUT2D eigenvalue weighted by atomic mass is 16.5. The van der Waals surface area contributed by atoms with Crippen molar-refractivity contribution in [1.82, 2.24) is 40.0 Å². The van der Waals surface area contributed by atoms with E-state index in [1.807, 2.05) is 59.7 Å². The fourth-order valence-electron chi connectivity index (χ4n) is 6.72. The molecule has 4 atom stereocenters. The van der Waals surface area contributed by atoms with Gasteiger partial charge >= 0.3 is 12.2 Å². The van der Waals surface area contributed by atoms with Gasteiger partial charge in [0.25, 0.3) is 0 Å². The van der Waals surface area contributed by atoms with E-state index in [0.29, 0.717) is 11.6 Å². The molecule has 14 nitrogen and oxygen atoms in total. The van der Waals surface area contributed by atoms with Crippen LogP contribution >= 0.6 is 0 Å². The number of amides is 4. The highest BCUT2D eigenvalue weighted by molar-refractivity contribution is 5.91. The number of ether oxygens (including phenoxy) is 1. The van der Waals surface area contributed by atoms with E-state index in [2.05, 4.69) is 67.7 Å². The molecule has 0 radical (unpaired) electrons. The third kappa shape index (κ3) is 8.69. The fourth-order valence-corrected chi connectivity index (χ4v) is 6.72. The summed E-state index contributed by atoms with van der Waals surface area (Å²) in [7, 11) is 6.04. The van der Waals surface area contributed by atoms with Gasteiger partial charge in [0.2, 0.25) is 11.8 Å². The van der Waals surface area contributed by atoms with E-state index in [1.165, 1.54) is 19.1 Å². The van der Waals surface area contributed by atoms with Crippen molar-refractivity contribution in [2.24, 2.45) is 11.8 Å². The minimum Gasteiger partial charge on any atom is -0.465 e. The van der Waals surface area contributed by atoms with Gasteiger partial charge in [-0.1, -0.05) is 76.2 Å². The smallest absolute Gasteiger partial charge is 0.407 e. The number of rotatable bonds is 13. The quantitative estimate of drug-likeness (QED) is 0.0963. The summed E-state index contributed by atoms with van der Waals surface area (Å²) in [6.45, 7) is 11.1. The van der Waals surface area contributed by atoms with Gasteiger partial charge in [0.05, 0.1) is 43.0 Å². The third-order valence-corrected chi connectivity index (χ3v) is 10.5. The molecule has 5 aromatic rings. The zero-order chi connectivity index (χ0) is 41.0. The molecular formula is C42H52N8O6. The molecule has 4 N–H and O–H groups in total. The number of benzene rings is 3. The largest absolute Gasteiger partial charge is 0.465 e. The molecule has 14 heteroatoms. The van der Waals surface area contributed by atoms with Crippen LogP contribution in [0.5, 0.6) is 0 Å². The molecule has 4 amide bonds. The van der Waals surface area contributed by atoms with E-state index in [4.69, 9.17) is 4.74 Å². The molecule has 0 aliphatic rings. The normalized spacial score (nSPS) is 13.6. The van der Waals surface area contributed by atoms with Crippen LogP contribution in [-0.2, 0) is 14.3 Å². The van der Waals surface area contributed by atoms with E-state index in [-0.39, 0.29) is 29.7 Å². The lowest BCUT2D eigenvalue weighted by Crippen LogP contribution is -2.51. The number of H-pyrrole nitrogens is 2. The Morgan fingerprint density at radius 1 is 0.643 bits per heavy atom. The Morgan fingerprint density at radius 3 is 1.61 bits per heavy atom. The Hall–Kier alpha value is -6.18. The Morgan fingerprint density at radius 2 is 1.11 bits per heavy atom. The number of hydrogen-bond acceptors (Lipinski definition) is 7. The second-order valence-electron chi connectivity index (χ2n) is 14.9. The van der Waals surface area contributed by atoms with Gasteiger partial charge in [0.15, 0.2) is 0 Å². The summed E-state index contributed by atoms with van der Waals surface area (Å²) in [5.74, 6) is 0.349. The Bertz CT molecular complexity index is 2190. The van der Waals surface area contributed by atoms with Crippen LogP contribution in [0.15, 0.2) is 73.1 Å². The molecular weight excluding hydrogens is 713 g/mol. The summed E-state index contributed by atoms with van der Waals surface area (Å²) in [5, 5.41) is 14.3. The third-order valence-electron chi connectivity index (χ3n) is 10.5. The van der Waals surface area contributed by atoms with Crippen LogP contribution in [0.25, 0.3) is 44.4 Å². The van der Waals surface area contributed by atoms with Crippen LogP contribution in [0.1, 0.15) is 65.3 Å². The van der Waals surface area contributed by atoms with E-state index in [0.717, 1.165) is 49.3 Å². The van der Waals surface area contributed by atoms with Gasteiger partial charge in [-0.2, -0.15) is 0 Å². The number of imidazole rings is 2. The van der Waals surface area contributed by atoms with Crippen molar-refractivity contribution in [1.29, 1.82) is 0 Å². The van der Waals surface area contributed by atoms with Crippen LogP contribution in [0.2, 0.25) is 0 Å². The topological polar surface area (TPSA) is 177 Å². The lowest BCUT2D eigenvalue weighted by atomic mass is 9.98. The van der Waals surface area contributed by atoms with Crippen molar-refractivity contribution in [2.75, 3.05) is 28.3 Å². The first-order chi connectivity index (χ1) is 26.5. The van der Waals surface area contributed by atoms with Crippen molar-refractivity contribution in [3.05, 3.63) is 84.7 Å². The number of alkyl carbamates (subject to hydrolysis) is 1. The van der Waals surface area contributed by atoms with Crippen molar-refractivity contribution in [2.45, 2.75) is 65.7 Å². The zero-order valence-electron chi connectivity index (χ0n) is 33.6. The molecule has 0 unspecified atom stereocenters. The number of carbonyl (C=O) groups excluding carboxylic acids is 3. The van der Waals surface area contributed by atoms with Crippen molar-refractivity contribution >= 4 is 34.8 Å². The van der Waals surface area contributed by atoms with Crippen LogP contribution in [-0.4, -0.2) is 104 Å². The highest BCUT2D eigenvalue weighted by Crippen LogP contribution is 2.31. The van der Waals surface area contributed by atoms with Crippen LogP contribution in [0.3, 0.4) is 0 Å². The molecule has 0 spiro atoms. The van der Waals surface area contributed by atoms with Crippen molar-refractivity contribution in [3.63, 3.8) is 0 Å². The number of likely N-dealkylation sites (N-methyl/N-ethyl adjacent to an activating group) is 3. The van der Waals surface area contributed by atoms with E-state index in [1.54, 1.807) is 31.4 Å². The summed E-state index contributed by atoms with van der Waals surface area (Å²) in [4.78, 5) is 70.1. The molecule has 0 aliphatic carbocycles. The molecule has 56 heavy (non-hydrogen) atoms. The number of aromatic nitrogens is 4. The Labute approximate surface area is 327 Å². The minimum atomic E-state index is -1.15. The first kappa shape index (κ1) is 41.0. The number of methoxy groups -OCH3 is 1. The van der Waals surface area contributed by atoms with Crippen molar-refractivity contribution < 1.29 is 29.0 Å². The van der Waals surface area contributed by atoms with Crippen LogP contribution in [0.4, 0.5) is 9.59 Å². The molecule has 0 fully saturated rings. The first-order valence-corrected chi connectivity index (χ1v) is 18.6. The number of fused-ring (bicyclic) bond motifs is 1. The maximum atomic E-state index is 13.3. The molecule has 0 aliphatic heterocycles. The Kier molecular flexibility index (Phi) is 12.5. The Balaban J connectivity index is 1.27. The summed E-state index contributed by atoms with van der Waals surface area (Å²) >= 11 is 0. The van der Waals surface area contributed by atoms with Gasteiger partial charge in [-0.05, 0) is 65.3 Å². The molecule has 0 saturated heterocycles. The number of nitrogens with zero attached hydrogens (tertiary/aromatic N) is 5. The second kappa shape index (κ2) is 17.1. The molecule has 3 aromatic carbocycles. The van der Waals surface area contributed by atoms with Gasteiger partial charge in [-0.15, -0.1) is 0 Å². The molecule has 0 saturated carbocycles. The van der Waals surface area contributed by atoms with E-state index < -0.39 is 30.3 Å². The second-order valence-corrected chi connectivity index (χ2v) is 14.9. The number of nitrogens with one attached hydrogen (secondary N) is 3. The maximum Gasteiger partial charge on any atom is 0.407 e. The number of aromatic amines is 2. The predicted octanol–water partition coefficient (Wildman–Crippen LogP) is 7.34. The lowest BCUT2D eigenvalue weighted by molar-refractivity contribution is -0.138. The standard InChI is InChI=1S/C42H52N8O6/c1-23(2)35(47-41(53)56-10)39(51)48(7)25(5)37-44-22-34(46-37)32-18-17-30-19-29(15-16-31(30)20-32)27-11-13-28(14-12-27)33-21-43-38(45-33)26(6)49(8)40(52)36(24(3)4)50(9)42(54)55/h11-26,35-36H,1-10H3,(H,43,45)(H,44,46)(H,47,53)(H,54,55)/t25-,26-,35-,36-/m0/s1. The van der Waals surface area contributed by atoms with Gasteiger partial charge in [0.1, 0.15) is 23.7 Å². The highest BCUT2D eigenvalue weighted by Gasteiger charge is 2.34. The number of carboxylic acid groups (broad SMARTS) is 1. The SMILES string of the molecule is COC(=O)N[C@H](C(=O)N(C)[C@@H](C)c1ncc(-c2ccc3cc(-c4ccc(-c5cnc([C@H](C)N(C)C(=O)[C@H](C(C)C)N(C)C(=O)O)[nH]5)cc4)ccc3c2)[nH]1)C(C)C. The van der Waals surface area contributed by atoms with Gasteiger partial charge in [0, 0.05) is 26.7 Å². The summed E-state index contributed by atoms with van der Waals surface area (Å²) < 4.78 is 4.71. The van der Waals surface area contributed by atoms with Crippen LogP contribution in [0, 0.1) is 11.8 Å². The van der Waals surface area contributed by atoms with E-state index in [9.17, 15) is 24.3 Å². The maximum absolute atomic E-state index is 13.3. The molecule has 0 bridgehead atoms. The van der Waals surface area contributed by atoms with Gasteiger partial charge in [-0.25, -0.2) is 19.6 Å². The zero-order valence-corrected chi connectivity index (χ0v) is 33.6. The molecule has 2 aromatic heterocycles. The summed E-state index contributed by atoms with van der Waals surface area (Å²) in [6, 6.07) is 18.4. The molecule has 296 valence electrons. The van der Waals surface area contributed by atoms with Gasteiger partial charge in [-0.3, -0.25) is 14.5 Å². The molecule has 2 heterocycles. The summed E-state index contributed by atoms with van der Waals surface area (Å²) in [5.41, 5.74) is 5.63. The minimum absolute atomic E-state index is 0.138. The first-order valence-electron chi connectivity index (χ1n) is 18.6. The number of carbonyl (C=O) groups is 4. The van der Waals surface area contributed by atoms with Crippen LogP contribution < -0.4 is 5.32 Å².